The van der Waals surface area contributed by atoms with Crippen LogP contribution < -0.4 is 5.73 Å². The van der Waals surface area contributed by atoms with E-state index in [-0.39, 0.29) is 5.56 Å². The SMILES string of the molecule is NCC(C(=O)O)c1cccc(C(F)(F)F)c1O. The highest BCUT2D eigenvalue weighted by atomic mass is 19.4. The first-order valence-corrected chi connectivity index (χ1v) is 4.61. The number of phenolic OH excluding ortho intramolecular Hbond substituents is 1. The standard InChI is InChI=1S/C10H10F3NO3/c11-10(12,13)7-3-1-2-5(8(7)15)6(4-14)9(16)17/h1-3,6,15H,4,14H2,(H,16,17). The van der Waals surface area contributed by atoms with Gasteiger partial charge in [-0.25, -0.2) is 0 Å². The van der Waals surface area contributed by atoms with Gasteiger partial charge < -0.3 is 15.9 Å². The van der Waals surface area contributed by atoms with Crippen molar-refractivity contribution < 1.29 is 28.2 Å². The molecule has 0 saturated heterocycles. The van der Waals surface area contributed by atoms with E-state index in [1.54, 1.807) is 0 Å². The van der Waals surface area contributed by atoms with E-state index in [9.17, 15) is 23.1 Å². The van der Waals surface area contributed by atoms with Crippen LogP contribution in [0.4, 0.5) is 13.2 Å². The van der Waals surface area contributed by atoms with Gasteiger partial charge in [0.25, 0.3) is 0 Å². The lowest BCUT2D eigenvalue weighted by Gasteiger charge is -2.16. The number of rotatable bonds is 3. The smallest absolute Gasteiger partial charge is 0.419 e. The second-order valence-corrected chi connectivity index (χ2v) is 3.37. The fourth-order valence-corrected chi connectivity index (χ4v) is 1.43. The minimum absolute atomic E-state index is 0.338. The molecule has 0 aliphatic carbocycles. The summed E-state index contributed by atoms with van der Waals surface area (Å²) in [6, 6.07) is 2.81. The van der Waals surface area contributed by atoms with E-state index < -0.39 is 35.9 Å². The number of para-hydroxylation sites is 1. The summed E-state index contributed by atoms with van der Waals surface area (Å²) in [7, 11) is 0. The number of carboxylic acids is 1. The molecule has 0 aliphatic heterocycles. The van der Waals surface area contributed by atoms with Crippen molar-refractivity contribution in [1.29, 1.82) is 0 Å². The Morgan fingerprint density at radius 1 is 1.41 bits per heavy atom. The largest absolute Gasteiger partial charge is 0.507 e. The maximum absolute atomic E-state index is 12.5. The van der Waals surface area contributed by atoms with E-state index in [4.69, 9.17) is 10.8 Å². The zero-order valence-electron chi connectivity index (χ0n) is 8.53. The molecule has 1 atom stereocenters. The summed E-state index contributed by atoms with van der Waals surface area (Å²) >= 11 is 0. The lowest BCUT2D eigenvalue weighted by Crippen LogP contribution is -2.22. The van der Waals surface area contributed by atoms with E-state index in [1.807, 2.05) is 0 Å². The summed E-state index contributed by atoms with van der Waals surface area (Å²) in [5.41, 5.74) is 3.55. The number of carboxylic acid groups (broad SMARTS) is 1. The molecule has 1 rings (SSSR count). The molecule has 0 aromatic heterocycles. The third-order valence-corrected chi connectivity index (χ3v) is 2.28. The number of hydrogen-bond donors (Lipinski definition) is 3. The van der Waals surface area contributed by atoms with Crippen LogP contribution in [0.2, 0.25) is 0 Å². The van der Waals surface area contributed by atoms with Gasteiger partial charge >= 0.3 is 12.1 Å². The summed E-state index contributed by atoms with van der Waals surface area (Å²) < 4.78 is 37.4. The van der Waals surface area contributed by atoms with E-state index >= 15 is 0 Å². The molecule has 0 amide bonds. The van der Waals surface area contributed by atoms with Gasteiger partial charge in [-0.1, -0.05) is 12.1 Å². The van der Waals surface area contributed by atoms with E-state index in [0.717, 1.165) is 12.1 Å². The number of alkyl halides is 3. The van der Waals surface area contributed by atoms with Crippen LogP contribution in [-0.2, 0) is 11.0 Å². The first-order valence-electron chi connectivity index (χ1n) is 4.61. The third-order valence-electron chi connectivity index (χ3n) is 2.28. The molecule has 1 unspecified atom stereocenters. The molecule has 17 heavy (non-hydrogen) atoms. The van der Waals surface area contributed by atoms with Crippen molar-refractivity contribution in [1.82, 2.24) is 0 Å². The predicted molar refractivity (Wildman–Crippen MR) is 52.5 cm³/mol. The van der Waals surface area contributed by atoms with Crippen molar-refractivity contribution in [2.24, 2.45) is 5.73 Å². The van der Waals surface area contributed by atoms with Gasteiger partial charge in [0.2, 0.25) is 0 Å². The molecule has 1 aromatic carbocycles. The van der Waals surface area contributed by atoms with E-state index in [2.05, 4.69) is 0 Å². The number of hydrogen-bond acceptors (Lipinski definition) is 3. The number of nitrogens with two attached hydrogens (primary N) is 1. The maximum atomic E-state index is 12.5. The maximum Gasteiger partial charge on any atom is 0.419 e. The minimum atomic E-state index is -4.74. The van der Waals surface area contributed by atoms with Gasteiger partial charge in [-0.3, -0.25) is 4.79 Å². The second kappa shape index (κ2) is 4.62. The highest BCUT2D eigenvalue weighted by molar-refractivity contribution is 5.77. The summed E-state index contributed by atoms with van der Waals surface area (Å²) in [5.74, 6) is -3.84. The Morgan fingerprint density at radius 2 is 2.00 bits per heavy atom. The fraction of sp³-hybridized carbons (Fsp3) is 0.300. The monoisotopic (exact) mass is 249 g/mol. The quantitative estimate of drug-likeness (QED) is 0.758. The highest BCUT2D eigenvalue weighted by Gasteiger charge is 2.36. The van der Waals surface area contributed by atoms with E-state index in [1.165, 1.54) is 0 Å². The molecule has 7 heteroatoms. The molecule has 4 nitrogen and oxygen atoms in total. The van der Waals surface area contributed by atoms with Crippen molar-refractivity contribution >= 4 is 5.97 Å². The first-order chi connectivity index (χ1) is 7.79. The molecule has 0 heterocycles. The molecule has 94 valence electrons. The molecule has 0 fully saturated rings. The van der Waals surface area contributed by atoms with Gasteiger partial charge in [0.15, 0.2) is 0 Å². The Morgan fingerprint density at radius 3 is 2.41 bits per heavy atom. The molecule has 0 spiro atoms. The number of halogens is 3. The lowest BCUT2D eigenvalue weighted by atomic mass is 9.96. The van der Waals surface area contributed by atoms with Crippen LogP contribution in [0.1, 0.15) is 17.0 Å². The first kappa shape index (κ1) is 13.3. The number of aromatic hydroxyl groups is 1. The number of carbonyl (C=O) groups is 1. The molecule has 4 N–H and O–H groups in total. The molecular weight excluding hydrogens is 239 g/mol. The fourth-order valence-electron chi connectivity index (χ4n) is 1.43. The van der Waals surface area contributed by atoms with Crippen LogP contribution in [0.5, 0.6) is 5.75 Å². The van der Waals surface area contributed by atoms with Crippen molar-refractivity contribution in [3.8, 4) is 5.75 Å². The van der Waals surface area contributed by atoms with Crippen molar-refractivity contribution in [3.63, 3.8) is 0 Å². The van der Waals surface area contributed by atoms with Gasteiger partial charge in [0.1, 0.15) is 5.75 Å². The molecule has 0 saturated carbocycles. The zero-order valence-corrected chi connectivity index (χ0v) is 8.53. The van der Waals surface area contributed by atoms with Crippen LogP contribution in [0, 0.1) is 0 Å². The van der Waals surface area contributed by atoms with Gasteiger partial charge in [-0.05, 0) is 6.07 Å². The Kier molecular flexibility index (Phi) is 3.62. The molecule has 0 aliphatic rings. The summed E-state index contributed by atoms with van der Waals surface area (Å²) in [4.78, 5) is 10.8. The number of phenols is 1. The summed E-state index contributed by atoms with van der Waals surface area (Å²) in [6.07, 6.45) is -4.74. The number of aliphatic carboxylic acids is 1. The van der Waals surface area contributed by atoms with Crippen molar-refractivity contribution in [3.05, 3.63) is 29.3 Å². The topological polar surface area (TPSA) is 83.6 Å². The molecule has 1 aromatic rings. The molecule has 0 bridgehead atoms. The average molecular weight is 249 g/mol. The Hall–Kier alpha value is -1.76. The Labute approximate surface area is 94.5 Å². The second-order valence-electron chi connectivity index (χ2n) is 3.37. The van der Waals surface area contributed by atoms with Crippen LogP contribution in [-0.4, -0.2) is 22.7 Å². The molecule has 0 radical (unpaired) electrons. The van der Waals surface area contributed by atoms with Gasteiger partial charge in [0, 0.05) is 12.1 Å². The minimum Gasteiger partial charge on any atom is -0.507 e. The number of benzene rings is 1. The summed E-state index contributed by atoms with van der Waals surface area (Å²) in [5, 5.41) is 18.2. The third kappa shape index (κ3) is 2.68. The van der Waals surface area contributed by atoms with Crippen LogP contribution in [0.25, 0.3) is 0 Å². The predicted octanol–water partition coefficient (Wildman–Crippen LogP) is 1.54. The van der Waals surface area contributed by atoms with Gasteiger partial charge in [0.05, 0.1) is 11.5 Å². The normalized spacial score (nSPS) is 13.4. The highest BCUT2D eigenvalue weighted by Crippen LogP contribution is 2.39. The summed E-state index contributed by atoms with van der Waals surface area (Å²) in [6.45, 7) is -0.399. The molecular formula is C10H10F3NO3. The Bertz CT molecular complexity index is 431. The van der Waals surface area contributed by atoms with Crippen LogP contribution in [0.3, 0.4) is 0 Å². The average Bonchev–Trinajstić information content (AvgIpc) is 2.19. The Balaban J connectivity index is 3.32. The van der Waals surface area contributed by atoms with Crippen LogP contribution in [0.15, 0.2) is 18.2 Å². The van der Waals surface area contributed by atoms with E-state index in [0.29, 0.717) is 6.07 Å². The van der Waals surface area contributed by atoms with Gasteiger partial charge in [-0.15, -0.1) is 0 Å². The zero-order chi connectivity index (χ0) is 13.2. The van der Waals surface area contributed by atoms with Crippen molar-refractivity contribution in [2.75, 3.05) is 6.54 Å². The van der Waals surface area contributed by atoms with Gasteiger partial charge in [-0.2, -0.15) is 13.2 Å². The van der Waals surface area contributed by atoms with Crippen LogP contribution >= 0.6 is 0 Å². The van der Waals surface area contributed by atoms with Crippen molar-refractivity contribution in [2.45, 2.75) is 12.1 Å². The lowest BCUT2D eigenvalue weighted by molar-refractivity contribution is -0.140.